The first kappa shape index (κ1) is 12.8. The second kappa shape index (κ2) is 6.31. The number of hydrogen-bond acceptors (Lipinski definition) is 3. The zero-order valence-electron chi connectivity index (χ0n) is 10.4. The molecule has 0 atom stereocenters. The van der Waals surface area contributed by atoms with Crippen LogP contribution in [0.1, 0.15) is 44.9 Å². The molecule has 0 aromatic carbocycles. The van der Waals surface area contributed by atoms with Crippen LogP contribution in [0.3, 0.4) is 0 Å². The second-order valence-electron chi connectivity index (χ2n) is 4.62. The highest BCUT2D eigenvalue weighted by Gasteiger charge is 2.15. The maximum atomic E-state index is 5.86. The summed E-state index contributed by atoms with van der Waals surface area (Å²) in [6, 6.07) is 0. The van der Waals surface area contributed by atoms with Crippen LogP contribution in [0.4, 0.5) is 0 Å². The quantitative estimate of drug-likeness (QED) is 0.795. The number of aryl methyl sites for hydroxylation is 1. The highest BCUT2D eigenvalue weighted by Crippen LogP contribution is 2.20. The molecule has 0 saturated heterocycles. The molecule has 17 heavy (non-hydrogen) atoms. The van der Waals surface area contributed by atoms with E-state index < -0.39 is 0 Å². The topological polar surface area (TPSA) is 42.8 Å². The van der Waals surface area contributed by atoms with Crippen LogP contribution >= 0.6 is 12.2 Å². The lowest BCUT2D eigenvalue weighted by Crippen LogP contribution is -2.14. The van der Waals surface area contributed by atoms with Gasteiger partial charge in [0.2, 0.25) is 0 Å². The van der Waals surface area contributed by atoms with Gasteiger partial charge in [-0.25, -0.2) is 0 Å². The number of hydrogen-bond donors (Lipinski definition) is 1. The van der Waals surface area contributed by atoms with E-state index in [4.69, 9.17) is 17.0 Å². The Morgan fingerprint density at radius 2 is 2.24 bits per heavy atom. The predicted molar refractivity (Wildman–Crippen MR) is 69.6 cm³/mol. The number of nitrogens with zero attached hydrogens (tertiary/aromatic N) is 2. The molecule has 1 saturated carbocycles. The van der Waals surface area contributed by atoms with E-state index in [1.165, 1.54) is 25.7 Å². The molecule has 0 amide bonds. The molecule has 5 heteroatoms. The summed E-state index contributed by atoms with van der Waals surface area (Å²) in [6.07, 6.45) is 7.61. The molecule has 0 bridgehead atoms. The predicted octanol–water partition coefficient (Wildman–Crippen LogP) is 2.85. The number of H-pyrrole nitrogens is 1. The van der Waals surface area contributed by atoms with Crippen LogP contribution in [0, 0.1) is 4.77 Å². The van der Waals surface area contributed by atoms with Gasteiger partial charge in [-0.1, -0.05) is 19.8 Å². The first-order chi connectivity index (χ1) is 8.31. The van der Waals surface area contributed by atoms with Crippen LogP contribution in [-0.4, -0.2) is 27.5 Å². The van der Waals surface area contributed by atoms with Gasteiger partial charge in [-0.3, -0.25) is 5.10 Å². The number of nitrogens with one attached hydrogen (secondary N) is 1. The van der Waals surface area contributed by atoms with E-state index in [1.807, 2.05) is 0 Å². The van der Waals surface area contributed by atoms with E-state index in [1.54, 1.807) is 0 Å². The van der Waals surface area contributed by atoms with Gasteiger partial charge in [-0.05, 0) is 31.5 Å². The number of rotatable bonds is 6. The summed E-state index contributed by atoms with van der Waals surface area (Å²) < 4.78 is 8.63. The summed E-state index contributed by atoms with van der Waals surface area (Å²) in [4.78, 5) is 0. The van der Waals surface area contributed by atoms with Crippen molar-refractivity contribution in [2.45, 2.75) is 58.1 Å². The standard InChI is InChI=1S/C12H21N3OS/c1-2-5-11-13-14-12(17)15(11)8-9-16-10-6-3-4-7-10/h10H,2-9H2,1H3,(H,14,17). The number of aromatic nitrogens is 3. The first-order valence-corrected chi connectivity index (χ1v) is 6.97. The Balaban J connectivity index is 1.84. The smallest absolute Gasteiger partial charge is 0.195 e. The van der Waals surface area contributed by atoms with Crippen LogP contribution in [0.5, 0.6) is 0 Å². The fourth-order valence-corrected chi connectivity index (χ4v) is 2.60. The number of aromatic amines is 1. The van der Waals surface area contributed by atoms with Gasteiger partial charge in [-0.15, -0.1) is 0 Å². The molecule has 1 fully saturated rings. The van der Waals surface area contributed by atoms with E-state index in [2.05, 4.69) is 21.7 Å². The summed E-state index contributed by atoms with van der Waals surface area (Å²) in [7, 11) is 0. The van der Waals surface area contributed by atoms with Crippen LogP contribution < -0.4 is 0 Å². The molecule has 0 aliphatic heterocycles. The van der Waals surface area contributed by atoms with Crippen molar-refractivity contribution in [3.05, 3.63) is 10.6 Å². The van der Waals surface area contributed by atoms with Crippen LogP contribution in [-0.2, 0) is 17.7 Å². The lowest BCUT2D eigenvalue weighted by Gasteiger charge is -2.12. The van der Waals surface area contributed by atoms with Crippen molar-refractivity contribution in [1.82, 2.24) is 14.8 Å². The lowest BCUT2D eigenvalue weighted by molar-refractivity contribution is 0.0524. The van der Waals surface area contributed by atoms with Crippen LogP contribution in [0.2, 0.25) is 0 Å². The zero-order valence-corrected chi connectivity index (χ0v) is 11.3. The summed E-state index contributed by atoms with van der Waals surface area (Å²) in [5.74, 6) is 1.05. The monoisotopic (exact) mass is 255 g/mol. The average molecular weight is 255 g/mol. The summed E-state index contributed by atoms with van der Waals surface area (Å²) >= 11 is 5.22. The van der Waals surface area contributed by atoms with Crippen molar-refractivity contribution in [2.24, 2.45) is 0 Å². The highest BCUT2D eigenvalue weighted by atomic mass is 32.1. The minimum Gasteiger partial charge on any atom is -0.376 e. The molecule has 1 aliphatic rings. The van der Waals surface area contributed by atoms with Gasteiger partial charge < -0.3 is 9.30 Å². The molecule has 2 rings (SSSR count). The molecular formula is C12H21N3OS. The molecule has 1 aliphatic carbocycles. The van der Waals surface area contributed by atoms with Crippen LogP contribution in [0.25, 0.3) is 0 Å². The first-order valence-electron chi connectivity index (χ1n) is 6.57. The maximum absolute atomic E-state index is 5.86. The zero-order chi connectivity index (χ0) is 12.1. The van der Waals surface area contributed by atoms with Crippen molar-refractivity contribution >= 4 is 12.2 Å². The highest BCUT2D eigenvalue weighted by molar-refractivity contribution is 7.71. The molecule has 1 aromatic rings. The SMILES string of the molecule is CCCc1n[nH]c(=S)n1CCOC1CCCC1. The normalized spacial score (nSPS) is 16.8. The molecule has 0 radical (unpaired) electrons. The van der Waals surface area contributed by atoms with Gasteiger partial charge in [-0.2, -0.15) is 5.10 Å². The van der Waals surface area contributed by atoms with E-state index in [0.29, 0.717) is 10.9 Å². The van der Waals surface area contributed by atoms with Crippen molar-refractivity contribution < 1.29 is 4.74 Å². The van der Waals surface area contributed by atoms with E-state index in [9.17, 15) is 0 Å². The molecule has 96 valence electrons. The third kappa shape index (κ3) is 3.39. The second-order valence-corrected chi connectivity index (χ2v) is 5.01. The van der Waals surface area contributed by atoms with Gasteiger partial charge in [0.15, 0.2) is 4.77 Å². The van der Waals surface area contributed by atoms with Crippen molar-refractivity contribution in [2.75, 3.05) is 6.61 Å². The molecule has 0 unspecified atom stereocenters. The van der Waals surface area contributed by atoms with Crippen molar-refractivity contribution in [1.29, 1.82) is 0 Å². The number of ether oxygens (including phenoxy) is 1. The van der Waals surface area contributed by atoms with Gasteiger partial charge in [0.05, 0.1) is 19.3 Å². The van der Waals surface area contributed by atoms with E-state index in [-0.39, 0.29) is 0 Å². The molecule has 1 N–H and O–H groups in total. The minimum atomic E-state index is 0.477. The average Bonchev–Trinajstić information content (AvgIpc) is 2.93. The van der Waals surface area contributed by atoms with Crippen molar-refractivity contribution in [3.8, 4) is 0 Å². The Morgan fingerprint density at radius 3 is 2.94 bits per heavy atom. The summed E-state index contributed by atoms with van der Waals surface area (Å²) in [5, 5.41) is 7.11. The van der Waals surface area contributed by atoms with E-state index in [0.717, 1.165) is 31.8 Å². The summed E-state index contributed by atoms with van der Waals surface area (Å²) in [6.45, 7) is 3.72. The fourth-order valence-electron chi connectivity index (χ4n) is 2.36. The third-order valence-electron chi connectivity index (χ3n) is 3.28. The Bertz CT molecular complexity index is 393. The molecular weight excluding hydrogens is 234 g/mol. The molecule has 1 aromatic heterocycles. The van der Waals surface area contributed by atoms with Gasteiger partial charge in [0.25, 0.3) is 0 Å². The van der Waals surface area contributed by atoms with Gasteiger partial charge >= 0.3 is 0 Å². The van der Waals surface area contributed by atoms with Crippen molar-refractivity contribution in [3.63, 3.8) is 0 Å². The molecule has 1 heterocycles. The Kier molecular flexibility index (Phi) is 4.74. The molecule has 4 nitrogen and oxygen atoms in total. The maximum Gasteiger partial charge on any atom is 0.195 e. The Hall–Kier alpha value is -0.680. The summed E-state index contributed by atoms with van der Waals surface area (Å²) in [5.41, 5.74) is 0. The van der Waals surface area contributed by atoms with Crippen LogP contribution in [0.15, 0.2) is 0 Å². The fraction of sp³-hybridized carbons (Fsp3) is 0.833. The van der Waals surface area contributed by atoms with E-state index >= 15 is 0 Å². The Labute approximate surface area is 107 Å². The third-order valence-corrected chi connectivity index (χ3v) is 3.59. The lowest BCUT2D eigenvalue weighted by atomic mass is 10.3. The van der Waals surface area contributed by atoms with Gasteiger partial charge in [0, 0.05) is 6.42 Å². The molecule has 0 spiro atoms. The largest absolute Gasteiger partial charge is 0.376 e. The minimum absolute atomic E-state index is 0.477. The Morgan fingerprint density at radius 1 is 1.47 bits per heavy atom. The van der Waals surface area contributed by atoms with Gasteiger partial charge in [0.1, 0.15) is 5.82 Å².